The van der Waals surface area contributed by atoms with Gasteiger partial charge in [-0.2, -0.15) is 0 Å². The number of fused-ring (bicyclic) bond motifs is 1. The van der Waals surface area contributed by atoms with Crippen molar-refractivity contribution in [2.24, 2.45) is 0 Å². The Morgan fingerprint density at radius 1 is 1.12 bits per heavy atom. The first-order valence-corrected chi connectivity index (χ1v) is 8.30. The summed E-state index contributed by atoms with van der Waals surface area (Å²) in [6, 6.07) is 15.4. The summed E-state index contributed by atoms with van der Waals surface area (Å²) in [6.45, 7) is 1.92. The van der Waals surface area contributed by atoms with Crippen molar-refractivity contribution in [1.82, 2.24) is 14.4 Å². The lowest BCUT2D eigenvalue weighted by Gasteiger charge is -2.02. The number of carbonyl (C=O) groups excluding carboxylic acids is 1. The minimum absolute atomic E-state index is 0.164. The van der Waals surface area contributed by atoms with Gasteiger partial charge in [0.05, 0.1) is 5.69 Å². The summed E-state index contributed by atoms with van der Waals surface area (Å²) in [5.74, 6) is 0.376. The maximum absolute atomic E-state index is 12.5. The Kier molecular flexibility index (Phi) is 3.59. The molecule has 5 nitrogen and oxygen atoms in total. The van der Waals surface area contributed by atoms with Crippen LogP contribution in [0.5, 0.6) is 0 Å². The molecule has 1 amide bonds. The number of nitrogens with zero attached hydrogens (tertiary/aromatic N) is 3. The fourth-order valence-corrected chi connectivity index (χ4v) is 3.52. The SMILES string of the molecule is Cc1c(C(=O)Nc2ccccn2)sc2nc(-c3ccccc3)cn12. The van der Waals surface area contributed by atoms with Crippen LogP contribution in [0.3, 0.4) is 0 Å². The van der Waals surface area contributed by atoms with Crippen LogP contribution in [0.15, 0.2) is 60.9 Å². The van der Waals surface area contributed by atoms with Crippen LogP contribution in [0.2, 0.25) is 0 Å². The molecule has 4 aromatic rings. The van der Waals surface area contributed by atoms with Gasteiger partial charge in [0.1, 0.15) is 10.7 Å². The van der Waals surface area contributed by atoms with Crippen molar-refractivity contribution >= 4 is 28.0 Å². The lowest BCUT2D eigenvalue weighted by molar-refractivity contribution is 0.102. The van der Waals surface area contributed by atoms with E-state index in [9.17, 15) is 4.79 Å². The highest BCUT2D eigenvalue weighted by Gasteiger charge is 2.18. The molecule has 0 atom stereocenters. The topological polar surface area (TPSA) is 59.3 Å². The quantitative estimate of drug-likeness (QED) is 0.615. The van der Waals surface area contributed by atoms with Gasteiger partial charge in [0, 0.05) is 23.7 Å². The van der Waals surface area contributed by atoms with Gasteiger partial charge in [-0.25, -0.2) is 9.97 Å². The average molecular weight is 334 g/mol. The summed E-state index contributed by atoms with van der Waals surface area (Å²) in [5, 5.41) is 2.82. The Morgan fingerprint density at radius 2 is 1.92 bits per heavy atom. The highest BCUT2D eigenvalue weighted by Crippen LogP contribution is 2.27. The fraction of sp³-hybridized carbons (Fsp3) is 0.0556. The van der Waals surface area contributed by atoms with Gasteiger partial charge in [-0.3, -0.25) is 9.20 Å². The zero-order valence-electron chi connectivity index (χ0n) is 12.9. The molecule has 0 aliphatic rings. The normalized spacial score (nSPS) is 10.9. The number of hydrogen-bond acceptors (Lipinski definition) is 4. The van der Waals surface area contributed by atoms with Crippen molar-refractivity contribution in [2.75, 3.05) is 5.32 Å². The van der Waals surface area contributed by atoms with Gasteiger partial charge in [0.25, 0.3) is 5.91 Å². The van der Waals surface area contributed by atoms with Gasteiger partial charge in [0.15, 0.2) is 4.96 Å². The van der Waals surface area contributed by atoms with E-state index in [0.717, 1.165) is 21.9 Å². The number of imidazole rings is 1. The number of nitrogens with one attached hydrogen (secondary N) is 1. The van der Waals surface area contributed by atoms with E-state index in [-0.39, 0.29) is 5.91 Å². The van der Waals surface area contributed by atoms with Crippen LogP contribution in [0, 0.1) is 6.92 Å². The third-order valence-electron chi connectivity index (χ3n) is 3.74. The second-order valence-corrected chi connectivity index (χ2v) is 6.31. The number of carbonyl (C=O) groups is 1. The second kappa shape index (κ2) is 5.90. The van der Waals surface area contributed by atoms with Crippen LogP contribution in [0.25, 0.3) is 16.2 Å². The third kappa shape index (κ3) is 2.57. The monoisotopic (exact) mass is 334 g/mol. The van der Waals surface area contributed by atoms with Crippen molar-refractivity contribution in [2.45, 2.75) is 6.92 Å². The first kappa shape index (κ1) is 14.6. The third-order valence-corrected chi connectivity index (χ3v) is 4.89. The molecule has 1 N–H and O–H groups in total. The van der Waals surface area contributed by atoms with Crippen molar-refractivity contribution in [3.8, 4) is 11.3 Å². The largest absolute Gasteiger partial charge is 0.306 e. The van der Waals surface area contributed by atoms with E-state index in [1.54, 1.807) is 12.3 Å². The standard InChI is InChI=1S/C18H14N4OS/c1-12-16(17(23)21-15-9-5-6-10-19-15)24-18-20-14(11-22(12)18)13-7-3-2-4-8-13/h2-11H,1H3,(H,19,21,23). The minimum atomic E-state index is -0.164. The number of hydrogen-bond donors (Lipinski definition) is 1. The van der Waals surface area contributed by atoms with Gasteiger partial charge in [-0.15, -0.1) is 0 Å². The van der Waals surface area contributed by atoms with Crippen LogP contribution < -0.4 is 5.32 Å². The van der Waals surface area contributed by atoms with E-state index in [2.05, 4.69) is 15.3 Å². The molecule has 0 unspecified atom stereocenters. The van der Waals surface area contributed by atoms with Gasteiger partial charge < -0.3 is 5.32 Å². The summed E-state index contributed by atoms with van der Waals surface area (Å²) >= 11 is 1.38. The second-order valence-electron chi connectivity index (χ2n) is 5.33. The van der Waals surface area contributed by atoms with Crippen LogP contribution in [0.1, 0.15) is 15.4 Å². The van der Waals surface area contributed by atoms with Crippen molar-refractivity contribution in [3.63, 3.8) is 0 Å². The maximum Gasteiger partial charge on any atom is 0.268 e. The average Bonchev–Trinajstić information content (AvgIpc) is 3.16. The Bertz CT molecular complexity index is 1010. The molecule has 118 valence electrons. The molecular weight excluding hydrogens is 320 g/mol. The fourth-order valence-electron chi connectivity index (χ4n) is 2.52. The molecule has 3 aromatic heterocycles. The number of benzene rings is 1. The Morgan fingerprint density at radius 3 is 2.62 bits per heavy atom. The highest BCUT2D eigenvalue weighted by molar-refractivity contribution is 7.19. The molecule has 6 heteroatoms. The first-order chi connectivity index (χ1) is 11.7. The van der Waals surface area contributed by atoms with E-state index in [0.29, 0.717) is 10.7 Å². The molecule has 0 bridgehead atoms. The van der Waals surface area contributed by atoms with Crippen LogP contribution in [-0.4, -0.2) is 20.3 Å². The van der Waals surface area contributed by atoms with E-state index < -0.39 is 0 Å². The van der Waals surface area contributed by atoms with Crippen LogP contribution >= 0.6 is 11.3 Å². The van der Waals surface area contributed by atoms with Crippen LogP contribution in [0.4, 0.5) is 5.82 Å². The molecular formula is C18H14N4OS. The van der Waals surface area contributed by atoms with Crippen molar-refractivity contribution in [3.05, 3.63) is 71.5 Å². The Balaban J connectivity index is 1.67. The number of rotatable bonds is 3. The predicted octanol–water partition coefficient (Wildman–Crippen LogP) is 4.02. The first-order valence-electron chi connectivity index (χ1n) is 7.48. The summed E-state index contributed by atoms with van der Waals surface area (Å²) in [7, 11) is 0. The number of thiazole rings is 1. The molecule has 1 aromatic carbocycles. The van der Waals surface area contributed by atoms with E-state index in [4.69, 9.17) is 0 Å². The maximum atomic E-state index is 12.5. The number of aromatic nitrogens is 3. The van der Waals surface area contributed by atoms with Gasteiger partial charge in [0.2, 0.25) is 0 Å². The molecule has 4 rings (SSSR count). The molecule has 24 heavy (non-hydrogen) atoms. The summed E-state index contributed by atoms with van der Waals surface area (Å²) in [4.78, 5) is 22.7. The molecule has 3 heterocycles. The van der Waals surface area contributed by atoms with Gasteiger partial charge in [-0.05, 0) is 19.1 Å². The molecule has 0 aliphatic carbocycles. The summed E-state index contributed by atoms with van der Waals surface area (Å²) in [6.07, 6.45) is 3.61. The zero-order chi connectivity index (χ0) is 16.5. The number of aryl methyl sites for hydroxylation is 1. The van der Waals surface area contributed by atoms with Crippen molar-refractivity contribution in [1.29, 1.82) is 0 Å². The molecule has 0 saturated heterocycles. The van der Waals surface area contributed by atoms with Crippen LogP contribution in [-0.2, 0) is 0 Å². The molecule has 0 spiro atoms. The lowest BCUT2D eigenvalue weighted by Crippen LogP contribution is -2.12. The molecule has 0 aliphatic heterocycles. The highest BCUT2D eigenvalue weighted by atomic mass is 32.1. The molecule has 0 fully saturated rings. The van der Waals surface area contributed by atoms with Gasteiger partial charge in [-0.1, -0.05) is 47.7 Å². The number of pyridine rings is 1. The van der Waals surface area contributed by atoms with E-state index in [1.165, 1.54) is 11.3 Å². The van der Waals surface area contributed by atoms with E-state index in [1.807, 2.05) is 60.0 Å². The number of anilines is 1. The van der Waals surface area contributed by atoms with E-state index >= 15 is 0 Å². The predicted molar refractivity (Wildman–Crippen MR) is 95.4 cm³/mol. The minimum Gasteiger partial charge on any atom is -0.306 e. The smallest absolute Gasteiger partial charge is 0.268 e. The number of amides is 1. The Hall–Kier alpha value is -2.99. The molecule has 0 radical (unpaired) electrons. The van der Waals surface area contributed by atoms with Gasteiger partial charge >= 0.3 is 0 Å². The summed E-state index contributed by atoms with van der Waals surface area (Å²) < 4.78 is 1.96. The Labute approximate surface area is 142 Å². The summed E-state index contributed by atoms with van der Waals surface area (Å²) in [5.41, 5.74) is 2.84. The lowest BCUT2D eigenvalue weighted by atomic mass is 10.2. The van der Waals surface area contributed by atoms with Crippen molar-refractivity contribution < 1.29 is 4.79 Å². The molecule has 0 saturated carbocycles. The zero-order valence-corrected chi connectivity index (χ0v) is 13.7.